The Labute approximate surface area is 217 Å². The third kappa shape index (κ3) is 3.70. The third-order valence-corrected chi connectivity index (χ3v) is 6.99. The molecule has 37 heavy (non-hydrogen) atoms. The van der Waals surface area contributed by atoms with Crippen molar-refractivity contribution in [2.45, 2.75) is 33.2 Å². The Balaban J connectivity index is 0.00000280. The molecule has 0 fully saturated rings. The van der Waals surface area contributed by atoms with Gasteiger partial charge in [0.1, 0.15) is 11.6 Å². The minimum Gasteiger partial charge on any atom is -0.310 e. The van der Waals surface area contributed by atoms with Crippen LogP contribution in [0.1, 0.15) is 35.3 Å². The summed E-state index contributed by atoms with van der Waals surface area (Å²) in [6, 6.07) is 6.71. The molecular formula is C26H26ClF2N7O. The van der Waals surface area contributed by atoms with Gasteiger partial charge in [0.2, 0.25) is 0 Å². The summed E-state index contributed by atoms with van der Waals surface area (Å²) in [7, 11) is 1.74. The number of nitrogens with zero attached hydrogens (tertiary/aromatic N) is 6. The van der Waals surface area contributed by atoms with Crippen LogP contribution in [0.5, 0.6) is 0 Å². The van der Waals surface area contributed by atoms with E-state index in [1.165, 1.54) is 15.3 Å². The monoisotopic (exact) mass is 525 g/mol. The van der Waals surface area contributed by atoms with Crippen LogP contribution in [0.4, 0.5) is 8.78 Å². The molecule has 1 aliphatic heterocycles. The maximum Gasteiger partial charge on any atom is 0.338 e. The molecule has 11 heteroatoms. The van der Waals surface area contributed by atoms with E-state index in [0.717, 1.165) is 17.8 Å². The number of hydrogen-bond acceptors (Lipinski definition) is 4. The van der Waals surface area contributed by atoms with Crippen LogP contribution >= 0.6 is 12.4 Å². The van der Waals surface area contributed by atoms with Crippen LogP contribution in [0, 0.1) is 25.5 Å². The second kappa shape index (κ2) is 8.97. The van der Waals surface area contributed by atoms with Crippen molar-refractivity contribution in [3.8, 4) is 17.2 Å². The van der Waals surface area contributed by atoms with Gasteiger partial charge < -0.3 is 5.32 Å². The molecule has 0 radical (unpaired) electrons. The van der Waals surface area contributed by atoms with Gasteiger partial charge in [-0.2, -0.15) is 10.2 Å². The van der Waals surface area contributed by atoms with E-state index in [4.69, 9.17) is 5.10 Å². The number of imidazole rings is 1. The van der Waals surface area contributed by atoms with Gasteiger partial charge in [-0.15, -0.1) is 12.4 Å². The number of aryl methyl sites for hydroxylation is 3. The second-order valence-electron chi connectivity index (χ2n) is 9.34. The molecule has 5 aromatic rings. The molecule has 4 heterocycles. The van der Waals surface area contributed by atoms with Gasteiger partial charge >= 0.3 is 5.69 Å². The first-order valence-corrected chi connectivity index (χ1v) is 11.8. The number of aromatic nitrogens is 6. The average Bonchev–Trinajstić information content (AvgIpc) is 3.53. The van der Waals surface area contributed by atoms with Gasteiger partial charge in [-0.3, -0.25) is 13.8 Å². The molecule has 6 rings (SSSR count). The lowest BCUT2D eigenvalue weighted by Gasteiger charge is -2.21. The molecule has 1 aliphatic rings. The third-order valence-electron chi connectivity index (χ3n) is 6.99. The van der Waals surface area contributed by atoms with Crippen molar-refractivity contribution in [1.82, 2.24) is 34.0 Å². The Morgan fingerprint density at radius 2 is 1.76 bits per heavy atom. The van der Waals surface area contributed by atoms with E-state index in [1.807, 2.05) is 6.92 Å². The molecule has 0 bridgehead atoms. The standard InChI is InChI=1S/C26H25F2N7O.ClH/c1-14-11-17(12-15(2)23(14)27)35-25(22-16(3)29-8-7-19(22)31-35)34-10-9-33(26(34)36)21-6-5-20-18(24(21)28)13-30-32(20)4;/h5-6,9-13,16,29H,7-8H2,1-4H3;1H/t16-;/m0./s1. The normalized spacial score (nSPS) is 15.1. The molecular weight excluding hydrogens is 500 g/mol. The fourth-order valence-corrected chi connectivity index (χ4v) is 5.15. The number of rotatable bonds is 3. The van der Waals surface area contributed by atoms with E-state index in [2.05, 4.69) is 10.4 Å². The van der Waals surface area contributed by atoms with Crippen LogP contribution in [0.25, 0.3) is 28.1 Å². The lowest BCUT2D eigenvalue weighted by Crippen LogP contribution is -2.30. The minimum absolute atomic E-state index is 0. The summed E-state index contributed by atoms with van der Waals surface area (Å²) in [6.07, 6.45) is 5.32. The smallest absolute Gasteiger partial charge is 0.310 e. The fourth-order valence-electron chi connectivity index (χ4n) is 5.15. The number of hydrogen-bond donors (Lipinski definition) is 1. The van der Waals surface area contributed by atoms with Gasteiger partial charge in [-0.1, -0.05) is 0 Å². The number of benzene rings is 2. The molecule has 0 unspecified atom stereocenters. The van der Waals surface area contributed by atoms with Crippen molar-refractivity contribution in [3.63, 3.8) is 0 Å². The second-order valence-corrected chi connectivity index (χ2v) is 9.34. The molecule has 192 valence electrons. The van der Waals surface area contributed by atoms with Gasteiger partial charge in [-0.05, 0) is 56.2 Å². The van der Waals surface area contributed by atoms with E-state index >= 15 is 4.39 Å². The summed E-state index contributed by atoms with van der Waals surface area (Å²) < 4.78 is 35.9. The van der Waals surface area contributed by atoms with Gasteiger partial charge in [0.15, 0.2) is 5.82 Å². The minimum atomic E-state index is -0.518. The first-order chi connectivity index (χ1) is 17.3. The summed E-state index contributed by atoms with van der Waals surface area (Å²) in [4.78, 5) is 13.7. The number of fused-ring (bicyclic) bond motifs is 2. The zero-order chi connectivity index (χ0) is 25.3. The van der Waals surface area contributed by atoms with E-state index in [-0.39, 0.29) is 30.0 Å². The predicted octanol–water partition coefficient (Wildman–Crippen LogP) is 4.22. The first kappa shape index (κ1) is 24.9. The zero-order valence-corrected chi connectivity index (χ0v) is 21.6. The van der Waals surface area contributed by atoms with Crippen molar-refractivity contribution in [2.75, 3.05) is 6.54 Å². The maximum atomic E-state index is 15.4. The Morgan fingerprint density at radius 1 is 1.05 bits per heavy atom. The number of halogens is 3. The molecule has 0 amide bonds. The van der Waals surface area contributed by atoms with Crippen molar-refractivity contribution in [1.29, 1.82) is 0 Å². The van der Waals surface area contributed by atoms with E-state index in [1.54, 1.807) is 66.9 Å². The summed E-state index contributed by atoms with van der Waals surface area (Å²) in [5.41, 5.74) is 3.75. The molecule has 3 aromatic heterocycles. The average molecular weight is 526 g/mol. The van der Waals surface area contributed by atoms with Gasteiger partial charge in [0.25, 0.3) is 0 Å². The Bertz CT molecular complexity index is 1710. The molecule has 0 aliphatic carbocycles. The summed E-state index contributed by atoms with van der Waals surface area (Å²) in [6.45, 7) is 6.20. The Hall–Kier alpha value is -3.76. The Morgan fingerprint density at radius 3 is 2.49 bits per heavy atom. The van der Waals surface area contributed by atoms with Gasteiger partial charge in [0, 0.05) is 44.0 Å². The highest BCUT2D eigenvalue weighted by atomic mass is 35.5. The largest absolute Gasteiger partial charge is 0.338 e. The molecule has 0 saturated carbocycles. The van der Waals surface area contributed by atoms with Crippen LogP contribution in [-0.4, -0.2) is 35.2 Å². The van der Waals surface area contributed by atoms with Crippen molar-refractivity contribution < 1.29 is 8.78 Å². The summed E-state index contributed by atoms with van der Waals surface area (Å²) in [5.74, 6) is -0.227. The number of nitrogens with one attached hydrogen (secondary N) is 1. The molecule has 1 N–H and O–H groups in total. The summed E-state index contributed by atoms with van der Waals surface area (Å²) >= 11 is 0. The molecule has 8 nitrogen and oxygen atoms in total. The molecule has 0 spiro atoms. The molecule has 1 atom stereocenters. The van der Waals surface area contributed by atoms with Crippen LogP contribution in [0.15, 0.2) is 47.7 Å². The van der Waals surface area contributed by atoms with Crippen molar-refractivity contribution in [2.24, 2.45) is 7.05 Å². The molecule has 2 aromatic carbocycles. The van der Waals surface area contributed by atoms with Gasteiger partial charge in [0.05, 0.1) is 34.2 Å². The summed E-state index contributed by atoms with van der Waals surface area (Å²) in [5, 5.41) is 12.7. The van der Waals surface area contributed by atoms with E-state index in [0.29, 0.717) is 40.0 Å². The highest BCUT2D eigenvalue weighted by Crippen LogP contribution is 2.32. The SMILES string of the molecule is Cc1cc(-n2nc3c(c2-n2ccn(-c4ccc5c(cnn5C)c4F)c2=O)[C@H](C)NCC3)cc(C)c1F.Cl. The lowest BCUT2D eigenvalue weighted by atomic mass is 10.0. The topological polar surface area (TPSA) is 74.6 Å². The van der Waals surface area contributed by atoms with Crippen LogP contribution in [-0.2, 0) is 13.5 Å². The van der Waals surface area contributed by atoms with Gasteiger partial charge in [-0.25, -0.2) is 18.3 Å². The highest BCUT2D eigenvalue weighted by molar-refractivity contribution is 5.85. The lowest BCUT2D eigenvalue weighted by molar-refractivity contribution is 0.536. The van der Waals surface area contributed by atoms with Crippen LogP contribution in [0.3, 0.4) is 0 Å². The molecule has 0 saturated heterocycles. The first-order valence-electron chi connectivity index (χ1n) is 11.8. The Kier molecular flexibility index (Phi) is 6.04. The fraction of sp³-hybridized carbons (Fsp3) is 0.269. The highest BCUT2D eigenvalue weighted by Gasteiger charge is 2.29. The zero-order valence-electron chi connectivity index (χ0n) is 20.8. The van der Waals surface area contributed by atoms with Crippen LogP contribution < -0.4 is 11.0 Å². The maximum absolute atomic E-state index is 15.4. The predicted molar refractivity (Wildman–Crippen MR) is 140 cm³/mol. The van der Waals surface area contributed by atoms with Crippen molar-refractivity contribution >= 4 is 23.3 Å². The van der Waals surface area contributed by atoms with Crippen LogP contribution in [0.2, 0.25) is 0 Å². The van der Waals surface area contributed by atoms with E-state index in [9.17, 15) is 9.18 Å². The van der Waals surface area contributed by atoms with E-state index < -0.39 is 11.5 Å². The quantitative estimate of drug-likeness (QED) is 0.383. The van der Waals surface area contributed by atoms with Crippen molar-refractivity contribution in [3.05, 3.63) is 87.4 Å².